The number of nitrogens with zero attached hydrogens (tertiary/aromatic N) is 2. The van der Waals surface area contributed by atoms with Crippen LogP contribution in [0.1, 0.15) is 92.4 Å². The minimum atomic E-state index is -0.563. The molecule has 4 heterocycles. The highest BCUT2D eigenvalue weighted by Crippen LogP contribution is 2.36. The van der Waals surface area contributed by atoms with E-state index < -0.39 is 6.10 Å². The lowest BCUT2D eigenvalue weighted by Crippen LogP contribution is -2.42. The van der Waals surface area contributed by atoms with E-state index in [0.29, 0.717) is 38.0 Å². The summed E-state index contributed by atoms with van der Waals surface area (Å²) in [7, 11) is 0. The second-order valence-electron chi connectivity index (χ2n) is 15.4. The number of amides is 1. The van der Waals surface area contributed by atoms with Crippen LogP contribution in [0.2, 0.25) is 0 Å². The number of aliphatic hydroxyl groups is 2. The summed E-state index contributed by atoms with van der Waals surface area (Å²) in [5.74, 6) is 1.25. The van der Waals surface area contributed by atoms with Crippen LogP contribution in [0.25, 0.3) is 16.6 Å². The van der Waals surface area contributed by atoms with Gasteiger partial charge in [0.15, 0.2) is 11.5 Å². The molecule has 10 nitrogen and oxygen atoms in total. The number of benzene rings is 3. The van der Waals surface area contributed by atoms with Gasteiger partial charge in [-0.05, 0) is 85.1 Å². The van der Waals surface area contributed by atoms with Crippen LogP contribution in [0.4, 0.5) is 0 Å². The lowest BCUT2D eigenvalue weighted by Gasteiger charge is -2.32. The molecule has 4 bridgehead atoms. The molecular weight excluding hydrogens is 693 g/mol. The molecule has 1 fully saturated rings. The molecule has 0 saturated carbocycles. The fraction of sp³-hybridized carbons (Fsp3) is 0.444. The molecule has 10 heteroatoms. The first-order valence-corrected chi connectivity index (χ1v) is 20.1. The van der Waals surface area contributed by atoms with Gasteiger partial charge in [0.1, 0.15) is 12.4 Å². The van der Waals surface area contributed by atoms with Gasteiger partial charge < -0.3 is 45.3 Å². The number of aromatic nitrogens is 1. The van der Waals surface area contributed by atoms with Gasteiger partial charge in [0.05, 0.1) is 25.0 Å². The molecule has 1 unspecified atom stereocenters. The number of unbranched alkanes of at least 4 members (excludes halogenated alkanes) is 4. The third kappa shape index (κ3) is 9.80. The van der Waals surface area contributed by atoms with Gasteiger partial charge in [-0.1, -0.05) is 74.2 Å². The molecular formula is C45H56N4O6. The summed E-state index contributed by atoms with van der Waals surface area (Å²) in [5, 5.41) is 36.8. The minimum Gasteiger partial charge on any atom is -0.504 e. The molecule has 1 amide bonds. The van der Waals surface area contributed by atoms with Crippen molar-refractivity contribution in [1.82, 2.24) is 14.8 Å². The molecule has 0 aliphatic carbocycles. The number of carbonyl (C=O) groups is 1. The first-order chi connectivity index (χ1) is 26.8. The van der Waals surface area contributed by atoms with E-state index in [-0.39, 0.29) is 43.1 Å². The number of rotatable bonds is 11. The molecule has 3 aromatic carbocycles. The number of dihydropyridines is 1. The van der Waals surface area contributed by atoms with Gasteiger partial charge in [-0.15, -0.1) is 0 Å². The van der Waals surface area contributed by atoms with Gasteiger partial charge in [-0.2, -0.15) is 0 Å². The van der Waals surface area contributed by atoms with E-state index in [1.165, 1.54) is 0 Å². The first-order valence-electron chi connectivity index (χ1n) is 20.1. The highest BCUT2D eigenvalue weighted by molar-refractivity contribution is 5.88. The van der Waals surface area contributed by atoms with Gasteiger partial charge in [0.2, 0.25) is 5.91 Å². The van der Waals surface area contributed by atoms with Crippen LogP contribution in [0.3, 0.4) is 0 Å². The quantitative estimate of drug-likeness (QED) is 0.107. The normalized spacial score (nSPS) is 20.9. The maximum atomic E-state index is 13.5. The summed E-state index contributed by atoms with van der Waals surface area (Å²) in [6.45, 7) is 2.38. The van der Waals surface area contributed by atoms with Crippen molar-refractivity contribution < 1.29 is 29.6 Å². The standard InChI is InChI=1S/C45H56N4O6/c46-43-18-15-33-29-54-38(12-7-2-1-3-8-21-50)25-37(51)16-13-31-14-17-41(52)42(22-31)55-30-36-24-34(23-35-27-49(28-40(35)36)45(33)47-43)39(32-10-5-4-6-11-32)26-44(53)48-19-9-20-48/h4-6,10-11,14-15,17-18,22-24,27-28,37-39,43,47,50-52H,1-3,7-9,12-13,16,19-21,25-26,29-30,46H2/t37-,38+,39-,43?/m1/s1. The predicted molar refractivity (Wildman–Crippen MR) is 215 cm³/mol. The Balaban J connectivity index is 1.28. The molecule has 3 aliphatic heterocycles. The second-order valence-corrected chi connectivity index (χ2v) is 15.4. The number of hydrogen-bond acceptors (Lipinski definition) is 8. The van der Waals surface area contributed by atoms with E-state index >= 15 is 0 Å². The monoisotopic (exact) mass is 748 g/mol. The summed E-state index contributed by atoms with van der Waals surface area (Å²) in [6.07, 6.45) is 15.9. The number of likely N-dealkylation sites (tertiary alicyclic amines) is 1. The van der Waals surface area contributed by atoms with Crippen LogP contribution >= 0.6 is 0 Å². The van der Waals surface area contributed by atoms with Crippen LogP contribution in [0.5, 0.6) is 11.5 Å². The van der Waals surface area contributed by atoms with E-state index in [4.69, 9.17) is 15.2 Å². The molecule has 7 rings (SSSR count). The van der Waals surface area contributed by atoms with Crippen LogP contribution in [0, 0.1) is 0 Å². The van der Waals surface area contributed by atoms with Crippen LogP contribution in [0.15, 0.2) is 90.8 Å². The summed E-state index contributed by atoms with van der Waals surface area (Å²) in [4.78, 5) is 15.4. The SMILES string of the molecule is NC1C=CC2=C(N1)n1cc3cc([C@H](CC(=O)N4CCC4)c4ccccc4)cc(c3c1)COc1cc(ccc1O)CC[C@@H](O)C[C@H](CCCCCCCO)OC2. The highest BCUT2D eigenvalue weighted by atomic mass is 16.5. The Morgan fingerprint density at radius 1 is 0.964 bits per heavy atom. The van der Waals surface area contributed by atoms with Crippen molar-refractivity contribution in [3.05, 3.63) is 113 Å². The molecule has 3 aliphatic rings. The minimum absolute atomic E-state index is 0.0559. The summed E-state index contributed by atoms with van der Waals surface area (Å²) < 4.78 is 15.1. The van der Waals surface area contributed by atoms with Crippen molar-refractivity contribution in [3.8, 4) is 11.5 Å². The van der Waals surface area contributed by atoms with Crippen molar-refractivity contribution in [3.63, 3.8) is 0 Å². The number of nitrogens with one attached hydrogen (secondary N) is 1. The maximum Gasteiger partial charge on any atom is 0.223 e. The molecule has 0 spiro atoms. The second kappa shape index (κ2) is 18.3. The van der Waals surface area contributed by atoms with Gasteiger partial charge in [0.25, 0.3) is 0 Å². The van der Waals surface area contributed by atoms with Crippen molar-refractivity contribution >= 4 is 22.5 Å². The number of carbonyl (C=O) groups excluding carboxylic acids is 1. The smallest absolute Gasteiger partial charge is 0.223 e. The van der Waals surface area contributed by atoms with Crippen molar-refractivity contribution in [1.29, 1.82) is 0 Å². The lowest BCUT2D eigenvalue weighted by molar-refractivity contribution is -0.134. The van der Waals surface area contributed by atoms with Gasteiger partial charge in [-0.25, -0.2) is 0 Å². The lowest BCUT2D eigenvalue weighted by atomic mass is 9.86. The molecule has 292 valence electrons. The number of aromatic hydroxyl groups is 1. The number of phenolic OH excluding ortho intramolecular Hbond substituents is 1. The zero-order chi connectivity index (χ0) is 38.1. The van der Waals surface area contributed by atoms with Gasteiger partial charge in [0, 0.05) is 60.8 Å². The van der Waals surface area contributed by atoms with Crippen LogP contribution in [-0.4, -0.2) is 75.4 Å². The highest BCUT2D eigenvalue weighted by Gasteiger charge is 2.27. The van der Waals surface area contributed by atoms with Gasteiger partial charge in [-0.3, -0.25) is 4.79 Å². The van der Waals surface area contributed by atoms with E-state index in [1.54, 1.807) is 6.07 Å². The largest absolute Gasteiger partial charge is 0.504 e. The molecule has 55 heavy (non-hydrogen) atoms. The topological polar surface area (TPSA) is 142 Å². The van der Waals surface area contributed by atoms with E-state index in [9.17, 15) is 20.1 Å². The average Bonchev–Trinajstić information content (AvgIpc) is 3.60. The number of ether oxygens (including phenoxy) is 2. The predicted octanol–water partition coefficient (Wildman–Crippen LogP) is 6.71. The average molecular weight is 749 g/mol. The third-order valence-corrected chi connectivity index (χ3v) is 11.3. The van der Waals surface area contributed by atoms with Crippen LogP contribution < -0.4 is 15.8 Å². The Labute approximate surface area is 324 Å². The maximum absolute atomic E-state index is 13.5. The fourth-order valence-corrected chi connectivity index (χ4v) is 7.97. The van der Waals surface area contributed by atoms with Crippen molar-refractivity contribution in [2.24, 2.45) is 5.73 Å². The Morgan fingerprint density at radius 3 is 2.58 bits per heavy atom. The Morgan fingerprint density at radius 2 is 1.78 bits per heavy atom. The summed E-state index contributed by atoms with van der Waals surface area (Å²) in [5.41, 5.74) is 11.4. The Hall–Kier alpha value is -4.61. The number of nitrogens with two attached hydrogens (primary N) is 1. The van der Waals surface area contributed by atoms with E-state index in [2.05, 4.69) is 46.5 Å². The Bertz CT molecular complexity index is 1970. The number of phenols is 1. The Kier molecular flexibility index (Phi) is 12.9. The summed E-state index contributed by atoms with van der Waals surface area (Å²) in [6, 6.07) is 20.0. The number of aryl methyl sites for hydroxylation is 1. The molecule has 0 radical (unpaired) electrons. The molecule has 1 saturated heterocycles. The summed E-state index contributed by atoms with van der Waals surface area (Å²) >= 11 is 0. The molecule has 6 N–H and O–H groups in total. The first kappa shape index (κ1) is 38.7. The molecule has 4 atom stereocenters. The van der Waals surface area contributed by atoms with Crippen molar-refractivity contribution in [2.45, 2.75) is 102 Å². The molecule has 1 aromatic heterocycles. The van der Waals surface area contributed by atoms with E-state index in [0.717, 1.165) is 102 Å². The molecule has 4 aromatic rings. The zero-order valence-corrected chi connectivity index (χ0v) is 31.7. The number of fused-ring (bicyclic) bond motifs is 4. The zero-order valence-electron chi connectivity index (χ0n) is 31.7. The third-order valence-electron chi connectivity index (χ3n) is 11.3. The van der Waals surface area contributed by atoms with E-state index in [1.807, 2.05) is 47.4 Å². The van der Waals surface area contributed by atoms with Gasteiger partial charge >= 0.3 is 0 Å². The fourth-order valence-electron chi connectivity index (χ4n) is 7.97. The number of aliphatic hydroxyl groups excluding tert-OH is 2. The number of hydrogen-bond donors (Lipinski definition) is 5. The van der Waals surface area contributed by atoms with Crippen molar-refractivity contribution in [2.75, 3.05) is 26.3 Å². The van der Waals surface area contributed by atoms with Crippen LogP contribution in [-0.2, 0) is 22.6 Å².